The Balaban J connectivity index is 1.52. The summed E-state index contributed by atoms with van der Waals surface area (Å²) >= 11 is 0. The van der Waals surface area contributed by atoms with E-state index in [1.165, 1.54) is 0 Å². The minimum absolute atomic E-state index is 0.606. The molecule has 6 nitrogen and oxygen atoms in total. The van der Waals surface area contributed by atoms with Gasteiger partial charge in [-0.25, -0.2) is 19.9 Å². The highest BCUT2D eigenvalue weighted by Crippen LogP contribution is 2.19. The molecule has 2 aromatic carbocycles. The second-order valence-electron chi connectivity index (χ2n) is 7.29. The highest BCUT2D eigenvalue weighted by molar-refractivity contribution is 5.55. The molecule has 0 saturated heterocycles. The van der Waals surface area contributed by atoms with E-state index < -0.39 is 0 Å². The van der Waals surface area contributed by atoms with Crippen molar-refractivity contribution < 1.29 is 0 Å². The Labute approximate surface area is 176 Å². The monoisotopic (exact) mass is 396 g/mol. The van der Waals surface area contributed by atoms with Crippen molar-refractivity contribution in [3.63, 3.8) is 0 Å². The first-order valence-electron chi connectivity index (χ1n) is 9.88. The molecule has 2 aromatic heterocycles. The molecule has 0 saturated carbocycles. The smallest absolute Gasteiger partial charge is 0.227 e. The third-order valence-electron chi connectivity index (χ3n) is 4.49. The number of aromatic nitrogens is 4. The number of nitrogens with zero attached hydrogens (tertiary/aromatic N) is 4. The lowest BCUT2D eigenvalue weighted by molar-refractivity contribution is 1.01. The topological polar surface area (TPSA) is 75.6 Å². The standard InChI is InChI=1S/C24H24N6/c1-16-12-17(2)26-23(25-16)29-21-11-7-8-19(14-21)15-22-13-18(3)27-24(30-22)28-20-9-5-4-6-10-20/h4-14H,15H2,1-3H3,(H,25,26,29)(H,27,28,30). The summed E-state index contributed by atoms with van der Waals surface area (Å²) in [6, 6.07) is 22.1. The minimum atomic E-state index is 0.606. The highest BCUT2D eigenvalue weighted by atomic mass is 15.1. The summed E-state index contributed by atoms with van der Waals surface area (Å²) in [6.07, 6.45) is 0.704. The zero-order chi connectivity index (χ0) is 20.9. The molecule has 150 valence electrons. The molecule has 0 fully saturated rings. The van der Waals surface area contributed by atoms with E-state index in [9.17, 15) is 0 Å². The molecule has 0 atom stereocenters. The van der Waals surface area contributed by atoms with Gasteiger partial charge in [0, 0.05) is 34.9 Å². The molecule has 6 heteroatoms. The Hall–Kier alpha value is -3.80. The zero-order valence-electron chi connectivity index (χ0n) is 17.3. The van der Waals surface area contributed by atoms with E-state index in [0.29, 0.717) is 18.3 Å². The van der Waals surface area contributed by atoms with Gasteiger partial charge in [0.2, 0.25) is 11.9 Å². The van der Waals surface area contributed by atoms with Crippen molar-refractivity contribution in [2.45, 2.75) is 27.2 Å². The molecule has 30 heavy (non-hydrogen) atoms. The number of anilines is 4. The average Bonchev–Trinajstić information content (AvgIpc) is 2.68. The molecule has 2 N–H and O–H groups in total. The van der Waals surface area contributed by atoms with Crippen LogP contribution in [0.4, 0.5) is 23.3 Å². The van der Waals surface area contributed by atoms with Crippen LogP contribution < -0.4 is 10.6 Å². The first kappa shape index (κ1) is 19.5. The predicted octanol–water partition coefficient (Wildman–Crippen LogP) is 5.27. The van der Waals surface area contributed by atoms with Gasteiger partial charge in [-0.2, -0.15) is 0 Å². The second kappa shape index (κ2) is 8.69. The zero-order valence-corrected chi connectivity index (χ0v) is 17.3. The molecule has 4 aromatic rings. The molecule has 0 aliphatic rings. The fraction of sp³-hybridized carbons (Fsp3) is 0.167. The van der Waals surface area contributed by atoms with E-state index >= 15 is 0 Å². The number of rotatable bonds is 6. The van der Waals surface area contributed by atoms with Crippen LogP contribution in [0.2, 0.25) is 0 Å². The maximum absolute atomic E-state index is 4.69. The number of benzene rings is 2. The molecule has 4 rings (SSSR count). The van der Waals surface area contributed by atoms with Gasteiger partial charge in [0.05, 0.1) is 5.69 Å². The molecule has 0 spiro atoms. The van der Waals surface area contributed by atoms with Crippen molar-refractivity contribution >= 4 is 23.3 Å². The Kier molecular flexibility index (Phi) is 5.66. The van der Waals surface area contributed by atoms with Gasteiger partial charge in [-0.15, -0.1) is 0 Å². The van der Waals surface area contributed by atoms with Crippen LogP contribution in [0.1, 0.15) is 28.3 Å². The van der Waals surface area contributed by atoms with Gasteiger partial charge in [-0.05, 0) is 62.7 Å². The summed E-state index contributed by atoms with van der Waals surface area (Å²) in [5, 5.41) is 6.57. The number of nitrogens with one attached hydrogen (secondary N) is 2. The van der Waals surface area contributed by atoms with E-state index in [4.69, 9.17) is 4.98 Å². The van der Waals surface area contributed by atoms with Crippen LogP contribution in [0.3, 0.4) is 0 Å². The third kappa shape index (κ3) is 5.17. The number of hydrogen-bond donors (Lipinski definition) is 2. The summed E-state index contributed by atoms with van der Waals surface area (Å²) in [7, 11) is 0. The van der Waals surface area contributed by atoms with Crippen LogP contribution in [0.15, 0.2) is 66.7 Å². The Bertz CT molecular complexity index is 1140. The van der Waals surface area contributed by atoms with E-state index in [0.717, 1.165) is 39.7 Å². The summed E-state index contributed by atoms with van der Waals surface area (Å²) in [5.74, 6) is 1.21. The Morgan fingerprint density at radius 3 is 1.93 bits per heavy atom. The first-order chi connectivity index (χ1) is 14.5. The fourth-order valence-corrected chi connectivity index (χ4v) is 3.31. The van der Waals surface area contributed by atoms with E-state index in [-0.39, 0.29) is 0 Å². The lowest BCUT2D eigenvalue weighted by Gasteiger charge is -2.10. The quantitative estimate of drug-likeness (QED) is 0.462. The number of para-hydroxylation sites is 1. The largest absolute Gasteiger partial charge is 0.324 e. The maximum Gasteiger partial charge on any atom is 0.227 e. The van der Waals surface area contributed by atoms with Crippen molar-refractivity contribution in [3.8, 4) is 0 Å². The van der Waals surface area contributed by atoms with Gasteiger partial charge in [0.25, 0.3) is 0 Å². The van der Waals surface area contributed by atoms with Gasteiger partial charge in [0.15, 0.2) is 0 Å². The average molecular weight is 396 g/mol. The van der Waals surface area contributed by atoms with Gasteiger partial charge >= 0.3 is 0 Å². The molecule has 0 aliphatic carbocycles. The Morgan fingerprint density at radius 1 is 0.600 bits per heavy atom. The van der Waals surface area contributed by atoms with Crippen LogP contribution in [0, 0.1) is 20.8 Å². The molecule has 2 heterocycles. The summed E-state index contributed by atoms with van der Waals surface area (Å²) < 4.78 is 0. The van der Waals surface area contributed by atoms with Crippen molar-refractivity contribution in [1.82, 2.24) is 19.9 Å². The van der Waals surface area contributed by atoms with Gasteiger partial charge in [-0.1, -0.05) is 30.3 Å². The number of aryl methyl sites for hydroxylation is 3. The second-order valence-corrected chi connectivity index (χ2v) is 7.29. The van der Waals surface area contributed by atoms with Crippen LogP contribution in [-0.4, -0.2) is 19.9 Å². The lowest BCUT2D eigenvalue weighted by Crippen LogP contribution is -2.03. The van der Waals surface area contributed by atoms with Crippen LogP contribution in [0.5, 0.6) is 0 Å². The van der Waals surface area contributed by atoms with Gasteiger partial charge in [0.1, 0.15) is 0 Å². The molecule has 0 radical (unpaired) electrons. The minimum Gasteiger partial charge on any atom is -0.324 e. The van der Waals surface area contributed by atoms with Gasteiger partial charge < -0.3 is 10.6 Å². The van der Waals surface area contributed by atoms with Gasteiger partial charge in [-0.3, -0.25) is 0 Å². The molecule has 0 bridgehead atoms. The molecule has 0 amide bonds. The molecule has 0 unspecified atom stereocenters. The van der Waals surface area contributed by atoms with Crippen molar-refractivity contribution in [1.29, 1.82) is 0 Å². The van der Waals surface area contributed by atoms with Crippen molar-refractivity contribution in [3.05, 3.63) is 95.1 Å². The maximum atomic E-state index is 4.69. The van der Waals surface area contributed by atoms with E-state index in [1.807, 2.05) is 75.4 Å². The summed E-state index contributed by atoms with van der Waals surface area (Å²) in [5.41, 5.74) is 6.83. The highest BCUT2D eigenvalue weighted by Gasteiger charge is 2.06. The molecule has 0 aliphatic heterocycles. The number of hydrogen-bond acceptors (Lipinski definition) is 6. The SMILES string of the molecule is Cc1cc(C)nc(Nc2cccc(Cc3cc(C)nc(Nc4ccccc4)n3)c2)n1. The summed E-state index contributed by atoms with van der Waals surface area (Å²) in [4.78, 5) is 18.1. The third-order valence-corrected chi connectivity index (χ3v) is 4.49. The summed E-state index contributed by atoms with van der Waals surface area (Å²) in [6.45, 7) is 5.92. The first-order valence-corrected chi connectivity index (χ1v) is 9.88. The van der Waals surface area contributed by atoms with Crippen molar-refractivity contribution in [2.75, 3.05) is 10.6 Å². The van der Waals surface area contributed by atoms with Crippen LogP contribution >= 0.6 is 0 Å². The Morgan fingerprint density at radius 2 is 1.20 bits per heavy atom. The fourth-order valence-electron chi connectivity index (χ4n) is 3.31. The van der Waals surface area contributed by atoms with E-state index in [1.54, 1.807) is 0 Å². The molecular weight excluding hydrogens is 372 g/mol. The van der Waals surface area contributed by atoms with E-state index in [2.05, 4.69) is 37.7 Å². The van der Waals surface area contributed by atoms with Crippen molar-refractivity contribution in [2.24, 2.45) is 0 Å². The lowest BCUT2D eigenvalue weighted by atomic mass is 10.1. The molecular formula is C24H24N6. The normalized spacial score (nSPS) is 10.6. The van der Waals surface area contributed by atoms with Crippen LogP contribution in [0.25, 0.3) is 0 Å². The van der Waals surface area contributed by atoms with Crippen LogP contribution in [-0.2, 0) is 6.42 Å². The predicted molar refractivity (Wildman–Crippen MR) is 121 cm³/mol.